The van der Waals surface area contributed by atoms with E-state index in [0.29, 0.717) is 15.8 Å². The Hall–Kier alpha value is -0.630. The fourth-order valence-electron chi connectivity index (χ4n) is 0.943. The lowest BCUT2D eigenvalue weighted by atomic mass is 10.4. The first-order valence-electron chi connectivity index (χ1n) is 3.66. The fraction of sp³-hybridized carbons (Fsp3) is 0.429. The van der Waals surface area contributed by atoms with Crippen LogP contribution in [0, 0.1) is 3.57 Å². The van der Waals surface area contributed by atoms with Gasteiger partial charge < -0.3 is 9.88 Å². The average Bonchev–Trinajstić information content (AvgIpc) is 1.98. The van der Waals surface area contributed by atoms with Gasteiger partial charge in [-0.05, 0) is 36.7 Å². The van der Waals surface area contributed by atoms with Crippen molar-refractivity contribution in [3.8, 4) is 0 Å². The van der Waals surface area contributed by atoms with Crippen LogP contribution in [0.15, 0.2) is 9.59 Å². The molecule has 0 aliphatic rings. The van der Waals surface area contributed by atoms with Gasteiger partial charge in [-0.25, -0.2) is 4.79 Å². The highest BCUT2D eigenvalue weighted by Gasteiger charge is 2.06. The van der Waals surface area contributed by atoms with Crippen LogP contribution in [0.2, 0.25) is 0 Å². The van der Waals surface area contributed by atoms with E-state index in [4.69, 9.17) is 0 Å². The molecule has 0 spiro atoms. The van der Waals surface area contributed by atoms with Crippen molar-refractivity contribution in [3.63, 3.8) is 0 Å². The minimum Gasteiger partial charge on any atom is -0.309 e. The highest BCUT2D eigenvalue weighted by atomic mass is 127. The second-order valence-corrected chi connectivity index (χ2v) is 4.02. The molecule has 1 rings (SSSR count). The Kier molecular flexibility index (Phi) is 3.26. The zero-order valence-electron chi connectivity index (χ0n) is 7.35. The summed E-state index contributed by atoms with van der Waals surface area (Å²) in [7, 11) is 3.74. The van der Waals surface area contributed by atoms with Gasteiger partial charge in [0.2, 0.25) is 0 Å². The quantitative estimate of drug-likeness (QED) is 0.738. The van der Waals surface area contributed by atoms with Gasteiger partial charge >= 0.3 is 5.69 Å². The van der Waals surface area contributed by atoms with E-state index >= 15 is 0 Å². The van der Waals surface area contributed by atoms with Crippen LogP contribution in [0.4, 0.5) is 0 Å². The van der Waals surface area contributed by atoms with Crippen molar-refractivity contribution in [1.29, 1.82) is 0 Å². The molecule has 0 aliphatic carbocycles. The van der Waals surface area contributed by atoms with Crippen LogP contribution >= 0.6 is 22.6 Å². The predicted molar refractivity (Wildman–Crippen MR) is 57.8 cm³/mol. The molecule has 6 heteroatoms. The van der Waals surface area contributed by atoms with Crippen molar-refractivity contribution in [2.45, 2.75) is 6.54 Å². The third kappa shape index (κ3) is 2.66. The maximum absolute atomic E-state index is 11.1. The van der Waals surface area contributed by atoms with Crippen LogP contribution in [0.25, 0.3) is 0 Å². The third-order valence-corrected chi connectivity index (χ3v) is 2.57. The topological polar surface area (TPSA) is 69.0 Å². The van der Waals surface area contributed by atoms with E-state index in [1.807, 2.05) is 41.6 Å². The Balaban J connectivity index is 3.21. The van der Waals surface area contributed by atoms with Crippen molar-refractivity contribution in [1.82, 2.24) is 14.9 Å². The van der Waals surface area contributed by atoms with E-state index in [0.717, 1.165) is 0 Å². The lowest BCUT2D eigenvalue weighted by Crippen LogP contribution is -2.28. The minimum atomic E-state index is -0.456. The van der Waals surface area contributed by atoms with E-state index in [2.05, 4.69) is 9.97 Å². The molecule has 0 saturated carbocycles. The Bertz CT molecular complexity index is 407. The Labute approximate surface area is 88.3 Å². The number of rotatable bonds is 2. The van der Waals surface area contributed by atoms with Gasteiger partial charge in [0.25, 0.3) is 5.56 Å². The molecule has 0 bridgehead atoms. The molecule has 0 fully saturated rings. The molecule has 2 N–H and O–H groups in total. The van der Waals surface area contributed by atoms with Gasteiger partial charge in [-0.2, -0.15) is 0 Å². The van der Waals surface area contributed by atoms with Crippen LogP contribution in [0.3, 0.4) is 0 Å². The number of H-pyrrole nitrogens is 2. The van der Waals surface area contributed by atoms with Gasteiger partial charge in [-0.3, -0.25) is 9.78 Å². The SMILES string of the molecule is CN(C)Cc1[nH]c(=O)[nH]c(=O)c1I. The molecule has 0 amide bonds. The van der Waals surface area contributed by atoms with Gasteiger partial charge in [-0.15, -0.1) is 0 Å². The van der Waals surface area contributed by atoms with E-state index in [1.165, 1.54) is 0 Å². The number of aromatic amines is 2. The van der Waals surface area contributed by atoms with Gasteiger partial charge in [0.1, 0.15) is 0 Å². The van der Waals surface area contributed by atoms with E-state index in [1.54, 1.807) is 0 Å². The monoisotopic (exact) mass is 295 g/mol. The molecular weight excluding hydrogens is 285 g/mol. The number of hydrogen-bond donors (Lipinski definition) is 2. The standard InChI is InChI=1S/C7H10IN3O2/c1-11(2)3-4-5(8)6(12)10-7(13)9-4/h3H2,1-2H3,(H2,9,10,12,13). The minimum absolute atomic E-state index is 0.332. The lowest BCUT2D eigenvalue weighted by molar-refractivity contribution is 0.394. The number of halogens is 1. The largest absolute Gasteiger partial charge is 0.325 e. The third-order valence-electron chi connectivity index (χ3n) is 1.43. The van der Waals surface area contributed by atoms with E-state index < -0.39 is 5.69 Å². The second-order valence-electron chi connectivity index (χ2n) is 2.94. The molecule has 0 atom stereocenters. The van der Waals surface area contributed by atoms with Crippen LogP contribution in [-0.4, -0.2) is 29.0 Å². The predicted octanol–water partition coefficient (Wildman–Crippen LogP) is -0.271. The molecule has 0 saturated heterocycles. The molecule has 13 heavy (non-hydrogen) atoms. The Morgan fingerprint density at radius 1 is 1.31 bits per heavy atom. The molecule has 0 aromatic carbocycles. The summed E-state index contributed by atoms with van der Waals surface area (Å²) < 4.78 is 0.533. The highest BCUT2D eigenvalue weighted by Crippen LogP contribution is 2.02. The highest BCUT2D eigenvalue weighted by molar-refractivity contribution is 14.1. The smallest absolute Gasteiger partial charge is 0.309 e. The van der Waals surface area contributed by atoms with Gasteiger partial charge in [-0.1, -0.05) is 0 Å². The zero-order valence-corrected chi connectivity index (χ0v) is 9.51. The molecule has 5 nitrogen and oxygen atoms in total. The maximum atomic E-state index is 11.1. The van der Waals surface area contributed by atoms with Crippen molar-refractivity contribution < 1.29 is 0 Å². The van der Waals surface area contributed by atoms with Gasteiger partial charge in [0.05, 0.1) is 9.26 Å². The number of hydrogen-bond acceptors (Lipinski definition) is 3. The molecular formula is C7H10IN3O2. The first kappa shape index (κ1) is 10.5. The Morgan fingerprint density at radius 3 is 2.46 bits per heavy atom. The summed E-state index contributed by atoms with van der Waals surface area (Å²) in [6, 6.07) is 0. The van der Waals surface area contributed by atoms with E-state index in [9.17, 15) is 9.59 Å². The molecule has 72 valence electrons. The van der Waals surface area contributed by atoms with Gasteiger partial charge in [0.15, 0.2) is 0 Å². The maximum Gasteiger partial charge on any atom is 0.325 e. The summed E-state index contributed by atoms with van der Waals surface area (Å²) in [6.45, 7) is 0.553. The van der Waals surface area contributed by atoms with Crippen LogP contribution in [0.1, 0.15) is 5.69 Å². The second kappa shape index (κ2) is 4.05. The molecule has 0 radical (unpaired) electrons. The fourth-order valence-corrected chi connectivity index (χ4v) is 1.38. The summed E-state index contributed by atoms with van der Waals surface area (Å²) in [5, 5.41) is 0. The molecule has 1 aromatic rings. The zero-order chi connectivity index (χ0) is 10.0. The van der Waals surface area contributed by atoms with Gasteiger partial charge in [0, 0.05) is 6.54 Å². The molecule has 1 heterocycles. The van der Waals surface area contributed by atoms with Crippen LogP contribution in [-0.2, 0) is 6.54 Å². The summed E-state index contributed by atoms with van der Waals surface area (Å²) in [6.07, 6.45) is 0. The molecule has 0 unspecified atom stereocenters. The van der Waals surface area contributed by atoms with Crippen molar-refractivity contribution in [2.75, 3.05) is 14.1 Å². The normalized spacial score (nSPS) is 10.8. The Morgan fingerprint density at radius 2 is 1.92 bits per heavy atom. The summed E-state index contributed by atoms with van der Waals surface area (Å²) in [5.41, 5.74) is -0.136. The first-order chi connectivity index (χ1) is 6.00. The van der Waals surface area contributed by atoms with Crippen molar-refractivity contribution in [3.05, 3.63) is 30.1 Å². The lowest BCUT2D eigenvalue weighted by Gasteiger charge is -2.09. The number of nitrogens with one attached hydrogen (secondary N) is 2. The molecule has 1 aromatic heterocycles. The van der Waals surface area contributed by atoms with Crippen molar-refractivity contribution >= 4 is 22.6 Å². The van der Waals surface area contributed by atoms with Crippen LogP contribution < -0.4 is 11.2 Å². The number of aromatic nitrogens is 2. The number of nitrogens with zero attached hydrogens (tertiary/aromatic N) is 1. The summed E-state index contributed by atoms with van der Waals surface area (Å²) in [4.78, 5) is 28.7. The first-order valence-corrected chi connectivity index (χ1v) is 4.74. The van der Waals surface area contributed by atoms with Crippen molar-refractivity contribution in [2.24, 2.45) is 0 Å². The van der Waals surface area contributed by atoms with E-state index in [-0.39, 0.29) is 5.56 Å². The average molecular weight is 295 g/mol. The summed E-state index contributed by atoms with van der Waals surface area (Å²) >= 11 is 1.91. The van der Waals surface area contributed by atoms with Crippen LogP contribution in [0.5, 0.6) is 0 Å². The summed E-state index contributed by atoms with van der Waals surface area (Å²) in [5.74, 6) is 0. The molecule has 0 aliphatic heterocycles.